The summed E-state index contributed by atoms with van der Waals surface area (Å²) in [6.45, 7) is 9.09. The molecule has 0 aliphatic carbocycles. The van der Waals surface area contributed by atoms with E-state index in [2.05, 4.69) is 64.3 Å². The Morgan fingerprint density at radius 2 is 1.86 bits per heavy atom. The molecule has 0 aliphatic rings. The third kappa shape index (κ3) is 7.64. The molecule has 1 aromatic heterocycles. The van der Waals surface area contributed by atoms with Gasteiger partial charge in [-0.15, -0.1) is 10.2 Å². The zero-order chi connectivity index (χ0) is 25.4. The molecular formula is C26H27BrN4O3S. The van der Waals surface area contributed by atoms with Gasteiger partial charge >= 0.3 is 0 Å². The Labute approximate surface area is 217 Å². The first-order valence-electron chi connectivity index (χ1n) is 11.1. The van der Waals surface area contributed by atoms with Gasteiger partial charge in [0.05, 0.1) is 0 Å². The van der Waals surface area contributed by atoms with E-state index in [1.54, 1.807) is 12.1 Å². The van der Waals surface area contributed by atoms with Crippen molar-refractivity contribution >= 4 is 44.4 Å². The van der Waals surface area contributed by atoms with Crippen molar-refractivity contribution in [1.29, 1.82) is 5.26 Å². The largest absolute Gasteiger partial charge is 0.490 e. The maximum Gasteiger partial charge on any atom is 0.268 e. The van der Waals surface area contributed by atoms with Gasteiger partial charge in [-0.1, -0.05) is 67.1 Å². The summed E-state index contributed by atoms with van der Waals surface area (Å²) in [5.41, 5.74) is 1.84. The van der Waals surface area contributed by atoms with Crippen LogP contribution in [0.4, 0.5) is 5.13 Å². The third-order valence-electron chi connectivity index (χ3n) is 4.96. The van der Waals surface area contributed by atoms with Crippen molar-refractivity contribution in [3.05, 3.63) is 68.6 Å². The third-order valence-corrected chi connectivity index (χ3v) is 6.43. The van der Waals surface area contributed by atoms with Gasteiger partial charge in [0.15, 0.2) is 0 Å². The lowest BCUT2D eigenvalue weighted by Gasteiger charge is -2.19. The van der Waals surface area contributed by atoms with Gasteiger partial charge < -0.3 is 9.47 Å². The maximum absolute atomic E-state index is 12.6. The summed E-state index contributed by atoms with van der Waals surface area (Å²) in [6.07, 6.45) is 2.21. The van der Waals surface area contributed by atoms with Crippen molar-refractivity contribution in [2.75, 3.05) is 18.5 Å². The van der Waals surface area contributed by atoms with Crippen LogP contribution >= 0.6 is 27.3 Å². The van der Waals surface area contributed by atoms with E-state index in [-0.39, 0.29) is 11.0 Å². The first kappa shape index (κ1) is 26.4. The molecule has 35 heavy (non-hydrogen) atoms. The van der Waals surface area contributed by atoms with E-state index < -0.39 is 5.91 Å². The minimum atomic E-state index is -0.556. The summed E-state index contributed by atoms with van der Waals surface area (Å²) in [6, 6.07) is 15.4. The zero-order valence-electron chi connectivity index (χ0n) is 20.1. The molecule has 0 saturated carbocycles. The quantitative estimate of drug-likeness (QED) is 0.193. The zero-order valence-corrected chi connectivity index (χ0v) is 22.5. The van der Waals surface area contributed by atoms with Crippen molar-refractivity contribution in [3.63, 3.8) is 0 Å². The standard InChI is InChI=1S/C26H27BrN4O3S/c1-5-23-30-31-25(35-23)29-24(32)18(16-28)14-17-15-20(27)8-11-22(17)34-13-12-33-21-9-6-19(7-10-21)26(2,3)4/h6-11,14-15H,5,12-13H2,1-4H3,(H,29,31,32)/b18-14-. The molecule has 7 nitrogen and oxygen atoms in total. The first-order chi connectivity index (χ1) is 16.7. The summed E-state index contributed by atoms with van der Waals surface area (Å²) in [5, 5.41) is 21.3. The predicted molar refractivity (Wildman–Crippen MR) is 142 cm³/mol. The number of carbonyl (C=O) groups is 1. The van der Waals surface area contributed by atoms with Gasteiger partial charge in [0.25, 0.3) is 5.91 Å². The van der Waals surface area contributed by atoms with Crippen LogP contribution in [0.15, 0.2) is 52.5 Å². The normalized spacial score (nSPS) is 11.6. The van der Waals surface area contributed by atoms with Gasteiger partial charge in [-0.05, 0) is 53.8 Å². The number of halogens is 1. The van der Waals surface area contributed by atoms with Crippen LogP contribution in [0.25, 0.3) is 6.08 Å². The highest BCUT2D eigenvalue weighted by Crippen LogP contribution is 2.27. The molecule has 1 heterocycles. The number of nitriles is 1. The molecule has 3 aromatic rings. The fourth-order valence-corrected chi connectivity index (χ4v) is 4.09. The van der Waals surface area contributed by atoms with Crippen LogP contribution in [-0.2, 0) is 16.6 Å². The second-order valence-corrected chi connectivity index (χ2v) is 10.6. The van der Waals surface area contributed by atoms with Crippen LogP contribution in [0.5, 0.6) is 11.5 Å². The van der Waals surface area contributed by atoms with Crippen LogP contribution < -0.4 is 14.8 Å². The Morgan fingerprint density at radius 1 is 1.14 bits per heavy atom. The predicted octanol–water partition coefficient (Wildman–Crippen LogP) is 6.16. The van der Waals surface area contributed by atoms with Crippen LogP contribution in [-0.4, -0.2) is 29.3 Å². The van der Waals surface area contributed by atoms with E-state index in [0.29, 0.717) is 29.7 Å². The molecule has 9 heteroatoms. The highest BCUT2D eigenvalue weighted by atomic mass is 79.9. The molecule has 0 aliphatic heterocycles. The number of aromatic nitrogens is 2. The summed E-state index contributed by atoms with van der Waals surface area (Å²) in [7, 11) is 0. The smallest absolute Gasteiger partial charge is 0.268 e. The van der Waals surface area contributed by atoms with E-state index in [1.165, 1.54) is 23.0 Å². The number of hydrogen-bond donors (Lipinski definition) is 1. The molecule has 0 radical (unpaired) electrons. The average molecular weight is 555 g/mol. The topological polar surface area (TPSA) is 97.1 Å². The number of hydrogen-bond acceptors (Lipinski definition) is 7. The molecule has 2 aromatic carbocycles. The van der Waals surface area contributed by atoms with Crippen molar-refractivity contribution in [2.24, 2.45) is 0 Å². The number of rotatable bonds is 9. The molecule has 0 unspecified atom stereocenters. The molecular weight excluding hydrogens is 528 g/mol. The van der Waals surface area contributed by atoms with Crippen molar-refractivity contribution in [2.45, 2.75) is 39.5 Å². The fraction of sp³-hybridized carbons (Fsp3) is 0.308. The van der Waals surface area contributed by atoms with Crippen LogP contribution in [0.3, 0.4) is 0 Å². The van der Waals surface area contributed by atoms with E-state index in [1.807, 2.05) is 31.2 Å². The Hall–Kier alpha value is -3.22. The van der Waals surface area contributed by atoms with E-state index >= 15 is 0 Å². The number of aryl methyl sites for hydroxylation is 1. The fourth-order valence-electron chi connectivity index (χ4n) is 3.04. The number of anilines is 1. The summed E-state index contributed by atoms with van der Waals surface area (Å²) >= 11 is 4.71. The van der Waals surface area contributed by atoms with Gasteiger partial charge in [0.1, 0.15) is 41.4 Å². The highest BCUT2D eigenvalue weighted by Gasteiger charge is 2.15. The Kier molecular flexibility index (Phi) is 9.01. The number of nitrogens with zero attached hydrogens (tertiary/aromatic N) is 3. The lowest BCUT2D eigenvalue weighted by Crippen LogP contribution is -2.13. The van der Waals surface area contributed by atoms with Gasteiger partial charge in [-0.3, -0.25) is 10.1 Å². The number of carbonyl (C=O) groups excluding carboxylic acids is 1. The van der Waals surface area contributed by atoms with E-state index in [0.717, 1.165) is 21.7 Å². The Bertz CT molecular complexity index is 1240. The molecule has 0 spiro atoms. The maximum atomic E-state index is 12.6. The van der Waals surface area contributed by atoms with Crippen LogP contribution in [0.1, 0.15) is 43.8 Å². The number of nitrogens with one attached hydrogen (secondary N) is 1. The minimum absolute atomic E-state index is 0.0728. The summed E-state index contributed by atoms with van der Waals surface area (Å²) < 4.78 is 12.5. The Morgan fingerprint density at radius 3 is 2.49 bits per heavy atom. The Balaban J connectivity index is 1.64. The SMILES string of the molecule is CCc1nnc(NC(=O)/C(C#N)=C\c2cc(Br)ccc2OCCOc2ccc(C(C)(C)C)cc2)s1. The second kappa shape index (κ2) is 12.0. The molecule has 1 N–H and O–H groups in total. The molecule has 0 bridgehead atoms. The number of ether oxygens (including phenoxy) is 2. The van der Waals surface area contributed by atoms with Gasteiger partial charge in [0.2, 0.25) is 5.13 Å². The van der Waals surface area contributed by atoms with Crippen molar-refractivity contribution in [3.8, 4) is 17.6 Å². The van der Waals surface area contributed by atoms with E-state index in [9.17, 15) is 10.1 Å². The monoisotopic (exact) mass is 554 g/mol. The number of amides is 1. The number of benzene rings is 2. The molecule has 3 rings (SSSR count). The van der Waals surface area contributed by atoms with Crippen molar-refractivity contribution in [1.82, 2.24) is 10.2 Å². The van der Waals surface area contributed by atoms with Gasteiger partial charge in [0, 0.05) is 10.0 Å². The van der Waals surface area contributed by atoms with Crippen molar-refractivity contribution < 1.29 is 14.3 Å². The molecule has 0 fully saturated rings. The molecule has 0 atom stereocenters. The first-order valence-corrected chi connectivity index (χ1v) is 12.7. The van der Waals surface area contributed by atoms with Crippen LogP contribution in [0, 0.1) is 11.3 Å². The van der Waals surface area contributed by atoms with Gasteiger partial charge in [-0.25, -0.2) is 0 Å². The molecule has 1 amide bonds. The van der Waals surface area contributed by atoms with E-state index in [4.69, 9.17) is 9.47 Å². The van der Waals surface area contributed by atoms with Crippen LogP contribution in [0.2, 0.25) is 0 Å². The lowest BCUT2D eigenvalue weighted by atomic mass is 9.87. The highest BCUT2D eigenvalue weighted by molar-refractivity contribution is 9.10. The molecule has 182 valence electrons. The lowest BCUT2D eigenvalue weighted by molar-refractivity contribution is -0.112. The van der Waals surface area contributed by atoms with Gasteiger partial charge in [-0.2, -0.15) is 5.26 Å². The second-order valence-electron chi connectivity index (χ2n) is 8.63. The minimum Gasteiger partial charge on any atom is -0.490 e. The summed E-state index contributed by atoms with van der Waals surface area (Å²) in [4.78, 5) is 12.6. The summed E-state index contributed by atoms with van der Waals surface area (Å²) in [5.74, 6) is 0.743. The molecule has 0 saturated heterocycles. The average Bonchev–Trinajstić information content (AvgIpc) is 3.28.